The molecule has 0 fully saturated rings. The van der Waals surface area contributed by atoms with Crippen LogP contribution >= 0.6 is 0 Å². The van der Waals surface area contributed by atoms with E-state index in [2.05, 4.69) is 10.4 Å². The van der Waals surface area contributed by atoms with Gasteiger partial charge in [-0.15, -0.1) is 5.10 Å². The molecular formula is C21H20FN3O6. The number of nitrogens with zero attached hydrogens (tertiary/aromatic N) is 2. The third-order valence-electron chi connectivity index (χ3n) is 4.09. The van der Waals surface area contributed by atoms with E-state index >= 15 is 0 Å². The van der Waals surface area contributed by atoms with Crippen LogP contribution in [0.3, 0.4) is 0 Å². The monoisotopic (exact) mass is 429 g/mol. The number of carbonyl (C=O) groups is 2. The Labute approximate surface area is 176 Å². The van der Waals surface area contributed by atoms with Crippen molar-refractivity contribution < 1.29 is 27.9 Å². The van der Waals surface area contributed by atoms with Crippen LogP contribution in [0.2, 0.25) is 0 Å². The van der Waals surface area contributed by atoms with Gasteiger partial charge < -0.3 is 19.2 Å². The number of hydrogen-bond donors (Lipinski definition) is 1. The van der Waals surface area contributed by atoms with E-state index < -0.39 is 36.1 Å². The van der Waals surface area contributed by atoms with Crippen molar-refractivity contribution in [3.8, 4) is 17.2 Å². The lowest BCUT2D eigenvalue weighted by molar-refractivity contribution is -0.154. The van der Waals surface area contributed by atoms with Crippen molar-refractivity contribution in [1.82, 2.24) is 9.78 Å². The number of ether oxygens (including phenoxy) is 2. The van der Waals surface area contributed by atoms with Gasteiger partial charge in [-0.2, -0.15) is 4.68 Å². The average molecular weight is 429 g/mol. The van der Waals surface area contributed by atoms with Crippen molar-refractivity contribution in [3.63, 3.8) is 0 Å². The summed E-state index contributed by atoms with van der Waals surface area (Å²) in [5, 5.41) is 6.51. The molecule has 31 heavy (non-hydrogen) atoms. The molecule has 1 heterocycles. The van der Waals surface area contributed by atoms with Gasteiger partial charge in [-0.1, -0.05) is 0 Å². The SMILES string of the molecule is CCOc1ccc(NC(=O)C(C)OC(=O)Cn2nc(-c3ccc(F)cc3)oc2=O)cc1. The number of rotatable bonds is 8. The third kappa shape index (κ3) is 5.78. The lowest BCUT2D eigenvalue weighted by Gasteiger charge is -2.13. The molecule has 3 rings (SSSR count). The van der Waals surface area contributed by atoms with Crippen LogP contribution in [0.4, 0.5) is 10.1 Å². The first kappa shape index (κ1) is 21.8. The zero-order valence-electron chi connectivity index (χ0n) is 16.8. The molecule has 0 radical (unpaired) electrons. The molecule has 0 aliphatic carbocycles. The first-order valence-corrected chi connectivity index (χ1v) is 9.43. The van der Waals surface area contributed by atoms with Crippen molar-refractivity contribution in [2.45, 2.75) is 26.5 Å². The number of hydrogen-bond acceptors (Lipinski definition) is 7. The van der Waals surface area contributed by atoms with Gasteiger partial charge >= 0.3 is 11.7 Å². The molecule has 0 saturated carbocycles. The minimum atomic E-state index is -1.11. The topological polar surface area (TPSA) is 113 Å². The summed E-state index contributed by atoms with van der Waals surface area (Å²) in [6, 6.07) is 11.9. The van der Waals surface area contributed by atoms with Crippen molar-refractivity contribution in [2.75, 3.05) is 11.9 Å². The van der Waals surface area contributed by atoms with Crippen LogP contribution in [0.1, 0.15) is 13.8 Å². The highest BCUT2D eigenvalue weighted by Crippen LogP contribution is 2.17. The fourth-order valence-corrected chi connectivity index (χ4v) is 2.57. The molecule has 1 atom stereocenters. The van der Waals surface area contributed by atoms with Gasteiger partial charge in [0.25, 0.3) is 5.91 Å². The Kier molecular flexibility index (Phi) is 6.81. The molecule has 1 N–H and O–H groups in total. The normalized spacial score (nSPS) is 11.6. The Hall–Kier alpha value is -3.95. The van der Waals surface area contributed by atoms with Gasteiger partial charge in [0.2, 0.25) is 5.89 Å². The molecular weight excluding hydrogens is 409 g/mol. The summed E-state index contributed by atoms with van der Waals surface area (Å²) in [6.07, 6.45) is -1.11. The number of nitrogens with one attached hydrogen (secondary N) is 1. The fourth-order valence-electron chi connectivity index (χ4n) is 2.57. The predicted octanol–water partition coefficient (Wildman–Crippen LogP) is 2.61. The van der Waals surface area contributed by atoms with E-state index in [1.165, 1.54) is 31.2 Å². The molecule has 10 heteroatoms. The minimum Gasteiger partial charge on any atom is -0.494 e. The summed E-state index contributed by atoms with van der Waals surface area (Å²) in [5.74, 6) is -2.14. The highest BCUT2D eigenvalue weighted by molar-refractivity contribution is 5.95. The quantitative estimate of drug-likeness (QED) is 0.548. The first-order chi connectivity index (χ1) is 14.9. The van der Waals surface area contributed by atoms with Gasteiger partial charge in [-0.05, 0) is 62.4 Å². The van der Waals surface area contributed by atoms with Crippen molar-refractivity contribution >= 4 is 17.6 Å². The summed E-state index contributed by atoms with van der Waals surface area (Å²) < 4.78 is 29.1. The number of halogens is 1. The van der Waals surface area contributed by atoms with Crippen molar-refractivity contribution in [3.05, 3.63) is 64.9 Å². The molecule has 1 aromatic heterocycles. The zero-order valence-corrected chi connectivity index (χ0v) is 16.8. The molecule has 1 unspecified atom stereocenters. The highest BCUT2D eigenvalue weighted by atomic mass is 19.1. The minimum absolute atomic E-state index is 0.0703. The number of esters is 1. The Morgan fingerprint density at radius 1 is 1.16 bits per heavy atom. The van der Waals surface area contributed by atoms with Crippen LogP contribution in [-0.2, 0) is 20.9 Å². The molecule has 1 amide bonds. The van der Waals surface area contributed by atoms with Gasteiger partial charge in [-0.25, -0.2) is 9.18 Å². The van der Waals surface area contributed by atoms with Crippen LogP contribution in [0.25, 0.3) is 11.5 Å². The molecule has 0 spiro atoms. The van der Waals surface area contributed by atoms with E-state index in [4.69, 9.17) is 13.9 Å². The first-order valence-electron chi connectivity index (χ1n) is 9.43. The van der Waals surface area contributed by atoms with Crippen LogP contribution in [0.15, 0.2) is 57.7 Å². The largest absolute Gasteiger partial charge is 0.494 e. The molecule has 0 saturated heterocycles. The van der Waals surface area contributed by atoms with E-state index in [0.29, 0.717) is 23.6 Å². The second-order valence-corrected chi connectivity index (χ2v) is 6.42. The lowest BCUT2D eigenvalue weighted by atomic mass is 10.2. The second-order valence-electron chi connectivity index (χ2n) is 6.42. The maximum Gasteiger partial charge on any atom is 0.437 e. The number of aromatic nitrogens is 2. The molecule has 0 aliphatic rings. The van der Waals surface area contributed by atoms with Gasteiger partial charge in [0.05, 0.1) is 6.61 Å². The third-order valence-corrected chi connectivity index (χ3v) is 4.09. The predicted molar refractivity (Wildman–Crippen MR) is 108 cm³/mol. The molecule has 3 aromatic rings. The summed E-state index contributed by atoms with van der Waals surface area (Å²) in [7, 11) is 0. The molecule has 9 nitrogen and oxygen atoms in total. The van der Waals surface area contributed by atoms with Crippen LogP contribution in [-0.4, -0.2) is 34.4 Å². The smallest absolute Gasteiger partial charge is 0.437 e. The Morgan fingerprint density at radius 3 is 2.48 bits per heavy atom. The van der Waals surface area contributed by atoms with Crippen LogP contribution in [0, 0.1) is 5.82 Å². The van der Waals surface area contributed by atoms with Crippen LogP contribution in [0.5, 0.6) is 5.75 Å². The Bertz CT molecular complexity index is 1110. The maximum absolute atomic E-state index is 13.0. The fraction of sp³-hybridized carbons (Fsp3) is 0.238. The summed E-state index contributed by atoms with van der Waals surface area (Å²) in [5.41, 5.74) is 0.877. The summed E-state index contributed by atoms with van der Waals surface area (Å²) in [4.78, 5) is 36.3. The van der Waals surface area contributed by atoms with Crippen molar-refractivity contribution in [2.24, 2.45) is 0 Å². The standard InChI is InChI=1S/C21H20FN3O6/c1-3-29-17-10-8-16(9-11-17)23-19(27)13(2)30-18(26)12-25-21(28)31-20(24-25)14-4-6-15(22)7-5-14/h4-11,13H,3,12H2,1-2H3,(H,23,27). The Morgan fingerprint density at radius 2 is 1.84 bits per heavy atom. The lowest BCUT2D eigenvalue weighted by Crippen LogP contribution is -2.32. The van der Waals surface area contributed by atoms with Gasteiger partial charge in [0, 0.05) is 11.3 Å². The number of amides is 1. The van der Waals surface area contributed by atoms with E-state index in [-0.39, 0.29) is 5.89 Å². The number of anilines is 1. The zero-order chi connectivity index (χ0) is 22.4. The van der Waals surface area contributed by atoms with Crippen LogP contribution < -0.4 is 15.8 Å². The van der Waals surface area contributed by atoms with Gasteiger partial charge in [0.15, 0.2) is 6.10 Å². The van der Waals surface area contributed by atoms with E-state index in [0.717, 1.165) is 4.68 Å². The maximum atomic E-state index is 13.0. The molecule has 0 aliphatic heterocycles. The van der Waals surface area contributed by atoms with E-state index in [1.54, 1.807) is 24.3 Å². The van der Waals surface area contributed by atoms with E-state index in [9.17, 15) is 18.8 Å². The van der Waals surface area contributed by atoms with Gasteiger partial charge in [0.1, 0.15) is 18.1 Å². The average Bonchev–Trinajstić information content (AvgIpc) is 3.10. The second kappa shape index (κ2) is 9.70. The van der Waals surface area contributed by atoms with E-state index in [1.807, 2.05) is 6.92 Å². The molecule has 162 valence electrons. The molecule has 0 bridgehead atoms. The van der Waals surface area contributed by atoms with Gasteiger partial charge in [-0.3, -0.25) is 9.59 Å². The van der Waals surface area contributed by atoms with Crippen molar-refractivity contribution in [1.29, 1.82) is 0 Å². The Balaban J connectivity index is 1.56. The number of carbonyl (C=O) groups excluding carboxylic acids is 2. The molecule has 2 aromatic carbocycles. The summed E-state index contributed by atoms with van der Waals surface area (Å²) >= 11 is 0. The number of benzene rings is 2. The highest BCUT2D eigenvalue weighted by Gasteiger charge is 2.20. The summed E-state index contributed by atoms with van der Waals surface area (Å²) in [6.45, 7) is 3.24.